The van der Waals surface area contributed by atoms with Gasteiger partial charge in [-0.25, -0.2) is 0 Å². The zero-order valence-corrected chi connectivity index (χ0v) is 11.1. The van der Waals surface area contributed by atoms with Crippen molar-refractivity contribution in [2.75, 3.05) is 19.7 Å². The topological polar surface area (TPSA) is 34.1 Å². The molecule has 0 aliphatic carbocycles. The highest BCUT2D eigenvalue weighted by atomic mass is 16.5. The molecule has 19 heavy (non-hydrogen) atoms. The van der Waals surface area contributed by atoms with Gasteiger partial charge in [0, 0.05) is 5.39 Å². The van der Waals surface area contributed by atoms with Crippen molar-refractivity contribution < 1.29 is 4.74 Å². The predicted octanol–water partition coefficient (Wildman–Crippen LogP) is 2.75. The number of nitrogens with one attached hydrogen (secondary N) is 1. The molecule has 0 amide bonds. The van der Waals surface area contributed by atoms with Crippen LogP contribution in [-0.2, 0) is 11.3 Å². The summed E-state index contributed by atoms with van der Waals surface area (Å²) in [6.07, 6.45) is 2.45. The maximum atomic E-state index is 5.82. The molecule has 3 heteroatoms. The third kappa shape index (κ3) is 3.31. The van der Waals surface area contributed by atoms with E-state index in [1.807, 2.05) is 18.2 Å². The van der Waals surface area contributed by atoms with Crippen LogP contribution in [0.3, 0.4) is 0 Å². The first kappa shape index (κ1) is 12.6. The van der Waals surface area contributed by atoms with E-state index in [0.29, 0.717) is 12.5 Å². The standard InChI is InChI=1S/C16H20N2O/c1-2-4-16-14(3-1)5-6-15(18-16)12-19-11-13-7-9-17-10-8-13/h1-6,13,17H,7-12H2. The van der Waals surface area contributed by atoms with Crippen LogP contribution < -0.4 is 5.32 Å². The number of benzene rings is 1. The second kappa shape index (κ2) is 6.13. The van der Waals surface area contributed by atoms with Crippen molar-refractivity contribution in [3.05, 3.63) is 42.1 Å². The maximum Gasteiger partial charge on any atom is 0.0888 e. The second-order valence-electron chi connectivity index (χ2n) is 5.20. The molecule has 0 bridgehead atoms. The molecular weight excluding hydrogens is 236 g/mol. The quantitative estimate of drug-likeness (QED) is 0.913. The Balaban J connectivity index is 1.56. The van der Waals surface area contributed by atoms with Gasteiger partial charge in [-0.3, -0.25) is 4.98 Å². The number of hydrogen-bond acceptors (Lipinski definition) is 3. The Bertz CT molecular complexity index is 535. The van der Waals surface area contributed by atoms with Crippen molar-refractivity contribution in [1.82, 2.24) is 10.3 Å². The molecule has 1 saturated heterocycles. The van der Waals surface area contributed by atoms with E-state index in [1.54, 1.807) is 0 Å². The number of hydrogen-bond donors (Lipinski definition) is 1. The monoisotopic (exact) mass is 256 g/mol. The van der Waals surface area contributed by atoms with Crippen LogP contribution in [-0.4, -0.2) is 24.7 Å². The second-order valence-corrected chi connectivity index (χ2v) is 5.20. The highest BCUT2D eigenvalue weighted by Crippen LogP contribution is 2.14. The molecule has 1 aromatic heterocycles. The van der Waals surface area contributed by atoms with Gasteiger partial charge in [-0.2, -0.15) is 0 Å². The summed E-state index contributed by atoms with van der Waals surface area (Å²) < 4.78 is 5.82. The molecule has 1 fully saturated rings. The lowest BCUT2D eigenvalue weighted by Gasteiger charge is -2.22. The molecule has 1 aliphatic rings. The van der Waals surface area contributed by atoms with Crippen LogP contribution >= 0.6 is 0 Å². The number of piperidine rings is 1. The predicted molar refractivity (Wildman–Crippen MR) is 77.0 cm³/mol. The van der Waals surface area contributed by atoms with Crippen LogP contribution in [0, 0.1) is 5.92 Å². The van der Waals surface area contributed by atoms with Gasteiger partial charge in [0.1, 0.15) is 0 Å². The molecule has 2 heterocycles. The van der Waals surface area contributed by atoms with Crippen LogP contribution in [0.15, 0.2) is 36.4 Å². The summed E-state index contributed by atoms with van der Waals surface area (Å²) in [5.74, 6) is 0.710. The molecule has 1 N–H and O–H groups in total. The molecule has 3 nitrogen and oxygen atoms in total. The number of fused-ring (bicyclic) bond motifs is 1. The first-order valence-electron chi connectivity index (χ1n) is 7.05. The first-order chi connectivity index (χ1) is 9.42. The summed E-state index contributed by atoms with van der Waals surface area (Å²) in [7, 11) is 0. The first-order valence-corrected chi connectivity index (χ1v) is 7.05. The number of aromatic nitrogens is 1. The molecular formula is C16H20N2O. The van der Waals surface area contributed by atoms with Gasteiger partial charge >= 0.3 is 0 Å². The third-order valence-electron chi connectivity index (χ3n) is 3.72. The Kier molecular flexibility index (Phi) is 4.06. The van der Waals surface area contributed by atoms with Crippen LogP contribution in [0.25, 0.3) is 10.9 Å². The fraction of sp³-hybridized carbons (Fsp3) is 0.438. The normalized spacial score (nSPS) is 16.8. The van der Waals surface area contributed by atoms with E-state index in [9.17, 15) is 0 Å². The number of rotatable bonds is 4. The molecule has 0 saturated carbocycles. The summed E-state index contributed by atoms with van der Waals surface area (Å²) in [4.78, 5) is 4.62. The van der Waals surface area contributed by atoms with E-state index in [0.717, 1.165) is 30.9 Å². The lowest BCUT2D eigenvalue weighted by atomic mass is 9.99. The van der Waals surface area contributed by atoms with Gasteiger partial charge in [0.05, 0.1) is 24.4 Å². The maximum absolute atomic E-state index is 5.82. The summed E-state index contributed by atoms with van der Waals surface area (Å²) in [5.41, 5.74) is 2.07. The molecule has 2 aromatic rings. The Morgan fingerprint density at radius 3 is 2.84 bits per heavy atom. The Morgan fingerprint density at radius 2 is 1.95 bits per heavy atom. The van der Waals surface area contributed by atoms with Gasteiger partial charge in [0.15, 0.2) is 0 Å². The number of pyridine rings is 1. The van der Waals surface area contributed by atoms with Crippen LogP contribution in [0.5, 0.6) is 0 Å². The minimum Gasteiger partial charge on any atom is -0.375 e. The van der Waals surface area contributed by atoms with E-state index in [2.05, 4.69) is 28.5 Å². The molecule has 0 atom stereocenters. The molecule has 0 spiro atoms. The van der Waals surface area contributed by atoms with Crippen LogP contribution in [0.1, 0.15) is 18.5 Å². The number of para-hydroxylation sites is 1. The van der Waals surface area contributed by atoms with Gasteiger partial charge in [-0.1, -0.05) is 24.3 Å². The molecule has 0 radical (unpaired) electrons. The van der Waals surface area contributed by atoms with Crippen molar-refractivity contribution in [2.45, 2.75) is 19.4 Å². The van der Waals surface area contributed by atoms with E-state index in [4.69, 9.17) is 4.74 Å². The summed E-state index contributed by atoms with van der Waals surface area (Å²) in [6.45, 7) is 3.73. The Labute approximate surface area is 114 Å². The fourth-order valence-corrected chi connectivity index (χ4v) is 2.57. The average molecular weight is 256 g/mol. The minimum atomic E-state index is 0.620. The lowest BCUT2D eigenvalue weighted by molar-refractivity contribution is 0.0746. The van der Waals surface area contributed by atoms with Crippen molar-refractivity contribution >= 4 is 10.9 Å². The minimum absolute atomic E-state index is 0.620. The van der Waals surface area contributed by atoms with Crippen molar-refractivity contribution in [3.8, 4) is 0 Å². The Morgan fingerprint density at radius 1 is 1.11 bits per heavy atom. The zero-order valence-electron chi connectivity index (χ0n) is 11.1. The van der Waals surface area contributed by atoms with E-state index in [1.165, 1.54) is 18.2 Å². The third-order valence-corrected chi connectivity index (χ3v) is 3.72. The summed E-state index contributed by atoms with van der Waals surface area (Å²) >= 11 is 0. The molecule has 0 unspecified atom stereocenters. The highest BCUT2D eigenvalue weighted by molar-refractivity contribution is 5.78. The summed E-state index contributed by atoms with van der Waals surface area (Å²) in [5, 5.41) is 4.56. The molecule has 3 rings (SSSR count). The molecule has 100 valence electrons. The van der Waals surface area contributed by atoms with Gasteiger partial charge in [0.2, 0.25) is 0 Å². The van der Waals surface area contributed by atoms with Crippen LogP contribution in [0.4, 0.5) is 0 Å². The Hall–Kier alpha value is -1.45. The van der Waals surface area contributed by atoms with Crippen molar-refractivity contribution in [1.29, 1.82) is 0 Å². The average Bonchev–Trinajstić information content (AvgIpc) is 2.48. The SMILES string of the molecule is c1ccc2nc(COCC3CCNCC3)ccc2c1. The van der Waals surface area contributed by atoms with Gasteiger partial charge in [-0.05, 0) is 44.0 Å². The fourth-order valence-electron chi connectivity index (χ4n) is 2.57. The summed E-state index contributed by atoms with van der Waals surface area (Å²) in [6, 6.07) is 12.4. The van der Waals surface area contributed by atoms with E-state index < -0.39 is 0 Å². The van der Waals surface area contributed by atoms with Crippen molar-refractivity contribution in [3.63, 3.8) is 0 Å². The number of nitrogens with zero attached hydrogens (tertiary/aromatic N) is 1. The number of ether oxygens (including phenoxy) is 1. The van der Waals surface area contributed by atoms with Gasteiger partial charge in [-0.15, -0.1) is 0 Å². The highest BCUT2D eigenvalue weighted by Gasteiger charge is 2.12. The zero-order chi connectivity index (χ0) is 12.9. The lowest BCUT2D eigenvalue weighted by Crippen LogP contribution is -2.29. The smallest absolute Gasteiger partial charge is 0.0888 e. The van der Waals surface area contributed by atoms with Gasteiger partial charge < -0.3 is 10.1 Å². The van der Waals surface area contributed by atoms with Crippen molar-refractivity contribution in [2.24, 2.45) is 5.92 Å². The van der Waals surface area contributed by atoms with E-state index >= 15 is 0 Å². The largest absolute Gasteiger partial charge is 0.375 e. The van der Waals surface area contributed by atoms with Gasteiger partial charge in [0.25, 0.3) is 0 Å². The van der Waals surface area contributed by atoms with Crippen LogP contribution in [0.2, 0.25) is 0 Å². The van der Waals surface area contributed by atoms with E-state index in [-0.39, 0.29) is 0 Å². The molecule has 1 aliphatic heterocycles. The molecule has 1 aromatic carbocycles.